The van der Waals surface area contributed by atoms with Crippen molar-refractivity contribution in [3.05, 3.63) is 52.9 Å². The highest BCUT2D eigenvalue weighted by molar-refractivity contribution is 5.69. The first kappa shape index (κ1) is 21.9. The fourth-order valence-corrected chi connectivity index (χ4v) is 3.10. The maximum atomic E-state index is 13.3. The molecule has 9 nitrogen and oxygen atoms in total. The quantitative estimate of drug-likeness (QED) is 0.405. The highest BCUT2D eigenvalue weighted by Crippen LogP contribution is 2.36. The average Bonchev–Trinajstić information content (AvgIpc) is 3.05. The molecule has 0 aliphatic rings. The second-order valence-corrected chi connectivity index (χ2v) is 7.20. The van der Waals surface area contributed by atoms with Crippen molar-refractivity contribution < 1.29 is 23.6 Å². The van der Waals surface area contributed by atoms with E-state index in [0.717, 1.165) is 6.20 Å². The number of aromatic nitrogens is 3. The lowest BCUT2D eigenvalue weighted by Crippen LogP contribution is -2.47. The van der Waals surface area contributed by atoms with Gasteiger partial charge in [-0.25, -0.2) is 4.79 Å². The molecule has 0 fully saturated rings. The van der Waals surface area contributed by atoms with E-state index in [1.165, 1.54) is 29.3 Å². The van der Waals surface area contributed by atoms with Crippen LogP contribution in [0.3, 0.4) is 0 Å². The Hall–Kier alpha value is -3.37. The van der Waals surface area contributed by atoms with Crippen molar-refractivity contribution in [2.45, 2.75) is 45.3 Å². The van der Waals surface area contributed by atoms with Gasteiger partial charge < -0.3 is 5.11 Å². The van der Waals surface area contributed by atoms with Crippen LogP contribution in [0.1, 0.15) is 45.3 Å². The zero-order valence-electron chi connectivity index (χ0n) is 16.1. The predicted octanol–water partition coefficient (Wildman–Crippen LogP) is 4.64. The van der Waals surface area contributed by atoms with Crippen LogP contribution in [0.4, 0.5) is 19.3 Å². The largest absolute Gasteiger partial charge is 0.465 e. The van der Waals surface area contributed by atoms with Crippen molar-refractivity contribution in [2.24, 2.45) is 0 Å². The number of nitrogens with zero attached hydrogens (tertiary/aromatic N) is 5. The van der Waals surface area contributed by atoms with Gasteiger partial charge in [0, 0.05) is 11.7 Å². The van der Waals surface area contributed by atoms with Gasteiger partial charge in [0.25, 0.3) is 0 Å². The Morgan fingerprint density at radius 2 is 2.14 bits per heavy atom. The van der Waals surface area contributed by atoms with Crippen LogP contribution in [-0.2, 0) is 0 Å². The molecule has 1 unspecified atom stereocenters. The molecular formula is C18H21F2N5O4. The minimum atomic E-state index is -3.11. The summed E-state index contributed by atoms with van der Waals surface area (Å²) in [6, 6.07) is 2.20. The van der Waals surface area contributed by atoms with E-state index in [9.17, 15) is 28.8 Å². The molecule has 1 amide bonds. The molecule has 2 aromatic heterocycles. The molecule has 0 spiro atoms. The zero-order valence-corrected chi connectivity index (χ0v) is 16.1. The van der Waals surface area contributed by atoms with Gasteiger partial charge in [-0.1, -0.05) is 6.08 Å². The summed E-state index contributed by atoms with van der Waals surface area (Å²) in [6.45, 7) is 5.70. The summed E-state index contributed by atoms with van der Waals surface area (Å²) in [4.78, 5) is 27.5. The number of carbonyl (C=O) groups is 1. The van der Waals surface area contributed by atoms with Gasteiger partial charge in [-0.3, -0.25) is 20.0 Å². The summed E-state index contributed by atoms with van der Waals surface area (Å²) >= 11 is 0. The van der Waals surface area contributed by atoms with E-state index in [2.05, 4.69) is 16.7 Å². The number of amides is 1. The summed E-state index contributed by atoms with van der Waals surface area (Å²) in [5.74, 6) is 0. The van der Waals surface area contributed by atoms with Crippen molar-refractivity contribution in [3.63, 3.8) is 0 Å². The molecule has 2 heterocycles. The molecule has 1 atom stereocenters. The number of hydrogen-bond donors (Lipinski definition) is 1. The number of rotatable bonds is 7. The second-order valence-electron chi connectivity index (χ2n) is 7.20. The summed E-state index contributed by atoms with van der Waals surface area (Å²) < 4.78 is 26.8. The van der Waals surface area contributed by atoms with Crippen LogP contribution < -0.4 is 0 Å². The molecule has 2 rings (SSSR count). The van der Waals surface area contributed by atoms with Gasteiger partial charge in [0.05, 0.1) is 16.7 Å². The molecule has 0 aliphatic heterocycles. The lowest BCUT2D eigenvalue weighted by Gasteiger charge is -2.39. The van der Waals surface area contributed by atoms with Gasteiger partial charge in [-0.05, 0) is 44.9 Å². The molecule has 156 valence electrons. The van der Waals surface area contributed by atoms with Gasteiger partial charge in [0.1, 0.15) is 6.20 Å². The van der Waals surface area contributed by atoms with Crippen molar-refractivity contribution in [1.29, 1.82) is 0 Å². The van der Waals surface area contributed by atoms with Crippen molar-refractivity contribution in [3.8, 4) is 11.4 Å². The topological polar surface area (TPSA) is 114 Å². The maximum absolute atomic E-state index is 13.3. The van der Waals surface area contributed by atoms with E-state index in [4.69, 9.17) is 0 Å². The standard InChI is InChI=1S/C18H21F2N5O4/c1-5-6-13(23(17(26)27)18(2,3)4)11-7-8-21-12(9-11)15-14(25(28)29)10-22-24(15)16(19)20/h5,7-10,13,16H,1,6H2,2-4H3,(H,26,27). The SMILES string of the molecule is C=CCC(c1ccnc(-c2c([N+](=O)[O-])cnn2C(F)F)c1)N(C(=O)O)C(C)(C)C. The molecule has 1 N–H and O–H groups in total. The van der Waals surface area contributed by atoms with Gasteiger partial charge in [0.2, 0.25) is 0 Å². The van der Waals surface area contributed by atoms with E-state index < -0.39 is 40.5 Å². The van der Waals surface area contributed by atoms with Crippen LogP contribution in [0.5, 0.6) is 0 Å². The summed E-state index contributed by atoms with van der Waals surface area (Å²) in [5.41, 5.74) is -1.54. The Balaban J connectivity index is 2.66. The average molecular weight is 409 g/mol. The first-order valence-electron chi connectivity index (χ1n) is 8.58. The van der Waals surface area contributed by atoms with Crippen LogP contribution in [0.25, 0.3) is 11.4 Å². The van der Waals surface area contributed by atoms with Crippen LogP contribution in [0, 0.1) is 10.1 Å². The summed E-state index contributed by atoms with van der Waals surface area (Å²) in [5, 5.41) is 24.4. The molecule has 0 aromatic carbocycles. The fraction of sp³-hybridized carbons (Fsp3) is 0.389. The number of alkyl halides is 2. The molecule has 11 heteroatoms. The first-order chi connectivity index (χ1) is 13.5. The smallest absolute Gasteiger partial charge is 0.408 e. The Bertz CT molecular complexity index is 923. The number of hydrogen-bond acceptors (Lipinski definition) is 5. The molecule has 2 aromatic rings. The number of halogens is 2. The lowest BCUT2D eigenvalue weighted by molar-refractivity contribution is -0.384. The van der Waals surface area contributed by atoms with Crippen LogP contribution in [0.2, 0.25) is 0 Å². The van der Waals surface area contributed by atoms with E-state index in [-0.39, 0.29) is 16.8 Å². The summed E-state index contributed by atoms with van der Waals surface area (Å²) in [6.07, 6.45) is 2.62. The molecule has 29 heavy (non-hydrogen) atoms. The van der Waals surface area contributed by atoms with E-state index in [1.54, 1.807) is 20.8 Å². The minimum Gasteiger partial charge on any atom is -0.465 e. The first-order valence-corrected chi connectivity index (χ1v) is 8.58. The van der Waals surface area contributed by atoms with Crippen LogP contribution in [0.15, 0.2) is 37.2 Å². The van der Waals surface area contributed by atoms with E-state index in [1.807, 2.05) is 0 Å². The predicted molar refractivity (Wildman–Crippen MR) is 101 cm³/mol. The van der Waals surface area contributed by atoms with Gasteiger partial charge in [-0.15, -0.1) is 6.58 Å². The highest BCUT2D eigenvalue weighted by atomic mass is 19.3. The normalized spacial score (nSPS) is 12.6. The monoisotopic (exact) mass is 409 g/mol. The third-order valence-electron chi connectivity index (χ3n) is 4.20. The van der Waals surface area contributed by atoms with Crippen LogP contribution in [-0.4, -0.2) is 41.3 Å². The zero-order chi connectivity index (χ0) is 21.9. The molecule has 0 saturated heterocycles. The summed E-state index contributed by atoms with van der Waals surface area (Å²) in [7, 11) is 0. The Morgan fingerprint density at radius 3 is 2.62 bits per heavy atom. The fourth-order valence-electron chi connectivity index (χ4n) is 3.10. The molecule has 0 radical (unpaired) electrons. The van der Waals surface area contributed by atoms with E-state index in [0.29, 0.717) is 5.56 Å². The van der Waals surface area contributed by atoms with Crippen LogP contribution >= 0.6 is 0 Å². The molecule has 0 saturated carbocycles. The number of carboxylic acid groups (broad SMARTS) is 1. The van der Waals surface area contributed by atoms with Crippen molar-refractivity contribution in [1.82, 2.24) is 19.7 Å². The minimum absolute atomic E-state index is 0.111. The Morgan fingerprint density at radius 1 is 1.48 bits per heavy atom. The van der Waals surface area contributed by atoms with Gasteiger partial charge >= 0.3 is 18.3 Å². The Labute approximate surface area is 165 Å². The third-order valence-corrected chi connectivity index (χ3v) is 4.20. The van der Waals surface area contributed by atoms with Crippen molar-refractivity contribution in [2.75, 3.05) is 0 Å². The molecular weight excluding hydrogens is 388 g/mol. The Kier molecular flexibility index (Phi) is 6.30. The number of pyridine rings is 1. The van der Waals surface area contributed by atoms with E-state index >= 15 is 0 Å². The third kappa shape index (κ3) is 4.55. The molecule has 0 aliphatic carbocycles. The second kappa shape index (κ2) is 8.33. The maximum Gasteiger partial charge on any atom is 0.408 e. The lowest BCUT2D eigenvalue weighted by atomic mass is 9.96. The van der Waals surface area contributed by atoms with Gasteiger partial charge in [0.15, 0.2) is 5.69 Å². The highest BCUT2D eigenvalue weighted by Gasteiger charge is 2.34. The van der Waals surface area contributed by atoms with Gasteiger partial charge in [-0.2, -0.15) is 18.6 Å². The number of nitro groups is 1. The molecule has 0 bridgehead atoms. The van der Waals surface area contributed by atoms with Crippen molar-refractivity contribution >= 4 is 11.8 Å².